The van der Waals surface area contributed by atoms with E-state index in [4.69, 9.17) is 4.42 Å². The van der Waals surface area contributed by atoms with Crippen LogP contribution in [0.15, 0.2) is 63.3 Å². The van der Waals surface area contributed by atoms with Crippen LogP contribution in [0, 0.1) is 0 Å². The smallest absolute Gasteiger partial charge is 0.257 e. The van der Waals surface area contributed by atoms with Gasteiger partial charge in [0.15, 0.2) is 5.58 Å². The fourth-order valence-corrected chi connectivity index (χ4v) is 3.24. The Balaban J connectivity index is 1.48. The number of hydrogen-bond acceptors (Lipinski definition) is 6. The summed E-state index contributed by atoms with van der Waals surface area (Å²) >= 11 is 1.24. The van der Waals surface area contributed by atoms with Crippen LogP contribution in [0.25, 0.3) is 11.1 Å². The van der Waals surface area contributed by atoms with Crippen LogP contribution in [-0.4, -0.2) is 35.9 Å². The normalized spacial score (nSPS) is 11.2. The third-order valence-corrected chi connectivity index (χ3v) is 4.85. The number of rotatable bonds is 8. The first-order valence-corrected chi connectivity index (χ1v) is 9.83. The van der Waals surface area contributed by atoms with E-state index in [9.17, 15) is 4.79 Å². The predicted octanol–water partition coefficient (Wildman–Crippen LogP) is 3.92. The molecule has 0 atom stereocenters. The van der Waals surface area contributed by atoms with Crippen molar-refractivity contribution in [2.75, 3.05) is 23.7 Å². The molecule has 6 nitrogen and oxygen atoms in total. The van der Waals surface area contributed by atoms with Gasteiger partial charge in [0.2, 0.25) is 0 Å². The monoisotopic (exact) mass is 382 g/mol. The van der Waals surface area contributed by atoms with Crippen LogP contribution in [-0.2, 0) is 4.79 Å². The fraction of sp³-hybridized carbons (Fsp3) is 0.250. The lowest BCUT2D eigenvalue weighted by atomic mass is 10.2. The van der Waals surface area contributed by atoms with Gasteiger partial charge in [-0.3, -0.25) is 4.79 Å². The van der Waals surface area contributed by atoms with Gasteiger partial charge in [-0.25, -0.2) is 10.4 Å². The van der Waals surface area contributed by atoms with E-state index < -0.39 is 0 Å². The Morgan fingerprint density at radius 3 is 2.63 bits per heavy atom. The summed E-state index contributed by atoms with van der Waals surface area (Å²) in [6, 6.07) is 15.6. The minimum Gasteiger partial charge on any atom is -0.431 e. The predicted molar refractivity (Wildman–Crippen MR) is 110 cm³/mol. The summed E-state index contributed by atoms with van der Waals surface area (Å²) in [5, 5.41) is 4.48. The number of carbonyl (C=O) groups is 1. The van der Waals surface area contributed by atoms with Gasteiger partial charge in [0.25, 0.3) is 11.1 Å². The first-order valence-electron chi connectivity index (χ1n) is 8.85. The number of aromatic nitrogens is 1. The summed E-state index contributed by atoms with van der Waals surface area (Å²) in [5.41, 5.74) is 6.13. The number of thioether (sulfide) groups is 1. The first-order chi connectivity index (χ1) is 13.2. The molecule has 1 aromatic heterocycles. The Morgan fingerprint density at radius 1 is 1.19 bits per heavy atom. The number of hydrogen-bond donors (Lipinski definition) is 1. The summed E-state index contributed by atoms with van der Waals surface area (Å²) in [5.74, 6) is -0.0244. The van der Waals surface area contributed by atoms with E-state index in [1.807, 2.05) is 36.4 Å². The number of nitrogens with one attached hydrogen (secondary N) is 1. The molecule has 3 rings (SSSR count). The van der Waals surface area contributed by atoms with Crippen molar-refractivity contribution in [3.63, 3.8) is 0 Å². The third-order valence-electron chi connectivity index (χ3n) is 4.03. The van der Waals surface area contributed by atoms with E-state index in [0.29, 0.717) is 10.8 Å². The molecule has 0 unspecified atom stereocenters. The molecule has 7 heteroatoms. The second kappa shape index (κ2) is 9.23. The van der Waals surface area contributed by atoms with E-state index in [2.05, 4.69) is 46.4 Å². The summed E-state index contributed by atoms with van der Waals surface area (Å²) in [6.45, 7) is 6.20. The maximum atomic E-state index is 11.9. The van der Waals surface area contributed by atoms with E-state index in [1.165, 1.54) is 17.4 Å². The van der Waals surface area contributed by atoms with Crippen molar-refractivity contribution in [3.8, 4) is 0 Å². The zero-order chi connectivity index (χ0) is 19.1. The van der Waals surface area contributed by atoms with Gasteiger partial charge in [-0.2, -0.15) is 5.10 Å². The molecule has 3 aromatic rings. The van der Waals surface area contributed by atoms with Gasteiger partial charge in [0.1, 0.15) is 5.52 Å². The minimum atomic E-state index is -0.210. The molecule has 0 saturated carbocycles. The zero-order valence-corrected chi connectivity index (χ0v) is 16.2. The van der Waals surface area contributed by atoms with Crippen LogP contribution < -0.4 is 10.3 Å². The highest BCUT2D eigenvalue weighted by Crippen LogP contribution is 2.22. The molecule has 140 valence electrons. The highest BCUT2D eigenvalue weighted by Gasteiger charge is 2.08. The summed E-state index contributed by atoms with van der Waals surface area (Å²) in [6.07, 6.45) is 1.63. The van der Waals surface area contributed by atoms with Crippen molar-refractivity contribution in [3.05, 3.63) is 54.1 Å². The largest absolute Gasteiger partial charge is 0.431 e. The molecule has 0 radical (unpaired) electrons. The molecule has 0 fully saturated rings. The molecule has 2 aromatic carbocycles. The van der Waals surface area contributed by atoms with Gasteiger partial charge in [-0.15, -0.1) is 0 Å². The van der Waals surface area contributed by atoms with E-state index >= 15 is 0 Å². The van der Waals surface area contributed by atoms with E-state index in [0.717, 1.165) is 24.2 Å². The maximum absolute atomic E-state index is 11.9. The number of oxazole rings is 1. The summed E-state index contributed by atoms with van der Waals surface area (Å²) in [4.78, 5) is 18.5. The number of carbonyl (C=O) groups excluding carboxylic acids is 1. The van der Waals surface area contributed by atoms with Crippen LogP contribution in [0.3, 0.4) is 0 Å². The van der Waals surface area contributed by atoms with Crippen LogP contribution in [0.2, 0.25) is 0 Å². The maximum Gasteiger partial charge on any atom is 0.257 e. The quantitative estimate of drug-likeness (QED) is 0.363. The van der Waals surface area contributed by atoms with Crippen molar-refractivity contribution >= 4 is 40.7 Å². The Morgan fingerprint density at radius 2 is 1.93 bits per heavy atom. The average molecular weight is 382 g/mol. The standard InChI is InChI=1S/C20H22N4O2S/c1-3-24(4-2)16-11-9-15(10-12-16)13-21-23-19(25)14-27-20-22-17-7-5-6-8-18(17)26-20/h5-13H,3-4,14H2,1-2H3,(H,23,25)/b21-13+. The fourth-order valence-electron chi connectivity index (χ4n) is 2.61. The van der Waals surface area contributed by atoms with E-state index in [-0.39, 0.29) is 11.7 Å². The Hall–Kier alpha value is -2.80. The molecule has 0 aliphatic carbocycles. The van der Waals surface area contributed by atoms with E-state index in [1.54, 1.807) is 6.21 Å². The number of benzene rings is 2. The van der Waals surface area contributed by atoms with Gasteiger partial charge in [-0.05, 0) is 43.7 Å². The van der Waals surface area contributed by atoms with Crippen LogP contribution in [0.4, 0.5) is 5.69 Å². The first kappa shape index (κ1) is 19.0. The number of nitrogens with zero attached hydrogens (tertiary/aromatic N) is 3. The van der Waals surface area contributed by atoms with Gasteiger partial charge in [0, 0.05) is 18.8 Å². The zero-order valence-electron chi connectivity index (χ0n) is 15.4. The number of fused-ring (bicyclic) bond motifs is 1. The van der Waals surface area contributed by atoms with Crippen molar-refractivity contribution in [1.82, 2.24) is 10.4 Å². The third kappa shape index (κ3) is 5.10. The highest BCUT2D eigenvalue weighted by atomic mass is 32.2. The molecule has 0 saturated heterocycles. The average Bonchev–Trinajstić information content (AvgIpc) is 3.11. The SMILES string of the molecule is CCN(CC)c1ccc(/C=N/NC(=O)CSc2nc3ccccc3o2)cc1. The molecule has 0 aliphatic heterocycles. The molecule has 0 spiro atoms. The lowest BCUT2D eigenvalue weighted by molar-refractivity contribution is -0.118. The molecule has 27 heavy (non-hydrogen) atoms. The summed E-state index contributed by atoms with van der Waals surface area (Å²) < 4.78 is 5.57. The lowest BCUT2D eigenvalue weighted by Crippen LogP contribution is -2.21. The number of amides is 1. The van der Waals surface area contributed by atoms with Crippen molar-refractivity contribution in [2.45, 2.75) is 19.1 Å². The van der Waals surface area contributed by atoms with Crippen molar-refractivity contribution in [2.24, 2.45) is 5.10 Å². The number of anilines is 1. The number of para-hydroxylation sites is 2. The Labute approximate surface area is 162 Å². The molecule has 0 bridgehead atoms. The minimum absolute atomic E-state index is 0.186. The second-order valence-corrected chi connectivity index (χ2v) is 6.72. The molecular formula is C20H22N4O2S. The molecule has 0 aliphatic rings. The van der Waals surface area contributed by atoms with Gasteiger partial charge in [-0.1, -0.05) is 36.0 Å². The van der Waals surface area contributed by atoms with Gasteiger partial charge < -0.3 is 9.32 Å². The van der Waals surface area contributed by atoms with Crippen LogP contribution >= 0.6 is 11.8 Å². The molecular weight excluding hydrogens is 360 g/mol. The molecule has 1 heterocycles. The highest BCUT2D eigenvalue weighted by molar-refractivity contribution is 7.99. The lowest BCUT2D eigenvalue weighted by Gasteiger charge is -2.20. The van der Waals surface area contributed by atoms with Crippen LogP contribution in [0.5, 0.6) is 0 Å². The van der Waals surface area contributed by atoms with Gasteiger partial charge in [0.05, 0.1) is 12.0 Å². The summed E-state index contributed by atoms with van der Waals surface area (Å²) in [7, 11) is 0. The molecule has 1 amide bonds. The topological polar surface area (TPSA) is 70.7 Å². The Kier molecular flexibility index (Phi) is 6.49. The number of hydrazone groups is 1. The van der Waals surface area contributed by atoms with Crippen molar-refractivity contribution in [1.29, 1.82) is 0 Å². The van der Waals surface area contributed by atoms with Crippen LogP contribution in [0.1, 0.15) is 19.4 Å². The molecule has 1 N–H and O–H groups in total. The van der Waals surface area contributed by atoms with Gasteiger partial charge >= 0.3 is 0 Å². The van der Waals surface area contributed by atoms with Crippen molar-refractivity contribution < 1.29 is 9.21 Å². The Bertz CT molecular complexity index is 884. The second-order valence-electron chi connectivity index (χ2n) is 5.79.